The number of carbonyl (C=O) groups excluding carboxylic acids is 2. The van der Waals surface area contributed by atoms with Crippen molar-refractivity contribution < 1.29 is 19.5 Å². The molecule has 0 fully saturated rings. The van der Waals surface area contributed by atoms with Crippen molar-refractivity contribution in [2.75, 3.05) is 5.32 Å². The summed E-state index contributed by atoms with van der Waals surface area (Å²) in [5, 5.41) is 15.7. The van der Waals surface area contributed by atoms with E-state index in [1.54, 1.807) is 68.4 Å². The Morgan fingerprint density at radius 1 is 0.824 bits per heavy atom. The molecule has 2 amide bonds. The number of nitrogens with one attached hydrogen (secondary N) is 2. The Morgan fingerprint density at radius 3 is 1.97 bits per heavy atom. The predicted octanol–water partition coefficient (Wildman–Crippen LogP) is 5.94. The zero-order valence-corrected chi connectivity index (χ0v) is 20.6. The fourth-order valence-corrected chi connectivity index (χ4v) is 4.35. The lowest BCUT2D eigenvalue weighted by atomic mass is 10.0. The summed E-state index contributed by atoms with van der Waals surface area (Å²) in [6.45, 7) is 3.50. The molecule has 0 bridgehead atoms. The highest BCUT2D eigenvalue weighted by atomic mass is 35.5. The number of hydrogen-bond donors (Lipinski definition) is 3. The summed E-state index contributed by atoms with van der Waals surface area (Å²) in [6, 6.07) is 13.7. The van der Waals surface area contributed by atoms with Crippen molar-refractivity contribution in [1.29, 1.82) is 0 Å². The van der Waals surface area contributed by atoms with Crippen molar-refractivity contribution in [2.45, 2.75) is 26.3 Å². The molecule has 0 radical (unpaired) electrons. The summed E-state index contributed by atoms with van der Waals surface area (Å²) < 4.78 is 0. The van der Waals surface area contributed by atoms with E-state index in [4.69, 9.17) is 34.8 Å². The molecule has 3 rings (SSSR count). The fraction of sp³-hybridized carbons (Fsp3) is 0.160. The average Bonchev–Trinajstić information content (AvgIpc) is 2.75. The molecule has 3 aromatic carbocycles. The van der Waals surface area contributed by atoms with Crippen LogP contribution in [0.3, 0.4) is 0 Å². The largest absolute Gasteiger partial charge is 0.480 e. The zero-order chi connectivity index (χ0) is 25.0. The molecular weight excluding hydrogens is 499 g/mol. The van der Waals surface area contributed by atoms with Crippen LogP contribution in [0.2, 0.25) is 15.1 Å². The van der Waals surface area contributed by atoms with Gasteiger partial charge in [0, 0.05) is 12.1 Å². The van der Waals surface area contributed by atoms with E-state index in [0.717, 1.165) is 0 Å². The molecule has 176 valence electrons. The Kier molecular flexibility index (Phi) is 8.20. The standard InChI is InChI=1S/C25H21Cl3N2O4/c1-13-5-3-6-16(26)21(13)23(31)30-20(25(33)34)12-15-9-10-19(14(2)11-15)29-24(32)22-17(27)7-4-8-18(22)28/h3-11,20H,12H2,1-2H3,(H,29,32)(H,30,31)(H,33,34). The van der Waals surface area contributed by atoms with E-state index in [0.29, 0.717) is 22.4 Å². The van der Waals surface area contributed by atoms with Gasteiger partial charge in [-0.05, 0) is 54.8 Å². The molecule has 0 aliphatic heterocycles. The van der Waals surface area contributed by atoms with E-state index in [1.165, 1.54) is 0 Å². The van der Waals surface area contributed by atoms with Crippen LogP contribution in [-0.4, -0.2) is 28.9 Å². The van der Waals surface area contributed by atoms with E-state index in [1.807, 2.05) is 0 Å². The monoisotopic (exact) mass is 518 g/mol. The third kappa shape index (κ3) is 5.89. The van der Waals surface area contributed by atoms with Crippen LogP contribution in [0.5, 0.6) is 0 Å². The number of aryl methyl sites for hydroxylation is 2. The van der Waals surface area contributed by atoms with Crippen molar-refractivity contribution in [1.82, 2.24) is 5.32 Å². The molecule has 1 unspecified atom stereocenters. The van der Waals surface area contributed by atoms with Crippen molar-refractivity contribution in [2.24, 2.45) is 0 Å². The lowest BCUT2D eigenvalue weighted by molar-refractivity contribution is -0.139. The van der Waals surface area contributed by atoms with Crippen LogP contribution in [0.25, 0.3) is 0 Å². The maximum absolute atomic E-state index is 12.7. The molecule has 3 aromatic rings. The lowest BCUT2D eigenvalue weighted by Gasteiger charge is -2.17. The second kappa shape index (κ2) is 10.9. The number of rotatable bonds is 7. The maximum atomic E-state index is 12.7. The molecular formula is C25H21Cl3N2O4. The number of carboxylic acid groups (broad SMARTS) is 1. The summed E-state index contributed by atoms with van der Waals surface area (Å²) in [6.07, 6.45) is 0.0377. The molecule has 1 atom stereocenters. The first kappa shape index (κ1) is 25.6. The van der Waals surface area contributed by atoms with Crippen LogP contribution < -0.4 is 10.6 Å². The van der Waals surface area contributed by atoms with Gasteiger partial charge < -0.3 is 15.7 Å². The number of amides is 2. The predicted molar refractivity (Wildman–Crippen MR) is 134 cm³/mol. The summed E-state index contributed by atoms with van der Waals surface area (Å²) >= 11 is 18.3. The van der Waals surface area contributed by atoms with Gasteiger partial charge in [-0.1, -0.05) is 65.1 Å². The fourth-order valence-electron chi connectivity index (χ4n) is 3.48. The minimum Gasteiger partial charge on any atom is -0.480 e. The van der Waals surface area contributed by atoms with Gasteiger partial charge >= 0.3 is 5.97 Å². The number of halogens is 3. The van der Waals surface area contributed by atoms with Gasteiger partial charge in [-0.25, -0.2) is 4.79 Å². The minimum atomic E-state index is -1.18. The van der Waals surface area contributed by atoms with E-state index < -0.39 is 23.8 Å². The summed E-state index contributed by atoms with van der Waals surface area (Å²) in [5.74, 6) is -2.20. The van der Waals surface area contributed by atoms with Crippen LogP contribution >= 0.6 is 34.8 Å². The van der Waals surface area contributed by atoms with Gasteiger partial charge in [-0.2, -0.15) is 0 Å². The highest BCUT2D eigenvalue weighted by molar-refractivity contribution is 6.40. The van der Waals surface area contributed by atoms with E-state index in [9.17, 15) is 19.5 Å². The smallest absolute Gasteiger partial charge is 0.326 e. The third-order valence-corrected chi connectivity index (χ3v) is 6.17. The molecule has 34 heavy (non-hydrogen) atoms. The third-order valence-electron chi connectivity index (χ3n) is 5.22. The van der Waals surface area contributed by atoms with Gasteiger partial charge in [-0.3, -0.25) is 9.59 Å². The highest BCUT2D eigenvalue weighted by Crippen LogP contribution is 2.26. The first-order chi connectivity index (χ1) is 16.1. The quantitative estimate of drug-likeness (QED) is 0.360. The Balaban J connectivity index is 1.76. The second-order valence-electron chi connectivity index (χ2n) is 7.70. The lowest BCUT2D eigenvalue weighted by Crippen LogP contribution is -2.42. The number of carbonyl (C=O) groups is 3. The van der Waals surface area contributed by atoms with Crippen LogP contribution in [0.1, 0.15) is 37.4 Å². The molecule has 0 saturated carbocycles. The van der Waals surface area contributed by atoms with Crippen LogP contribution in [0.15, 0.2) is 54.6 Å². The van der Waals surface area contributed by atoms with Gasteiger partial charge in [0.15, 0.2) is 0 Å². The van der Waals surface area contributed by atoms with Gasteiger partial charge in [0.2, 0.25) is 0 Å². The number of carboxylic acids is 1. The van der Waals surface area contributed by atoms with Crippen molar-refractivity contribution >= 4 is 58.3 Å². The zero-order valence-electron chi connectivity index (χ0n) is 18.3. The van der Waals surface area contributed by atoms with Crippen molar-refractivity contribution in [3.8, 4) is 0 Å². The maximum Gasteiger partial charge on any atom is 0.326 e. The molecule has 0 aromatic heterocycles. The second-order valence-corrected chi connectivity index (χ2v) is 8.92. The van der Waals surface area contributed by atoms with Gasteiger partial charge in [0.05, 0.1) is 26.2 Å². The van der Waals surface area contributed by atoms with Crippen LogP contribution in [-0.2, 0) is 11.2 Å². The van der Waals surface area contributed by atoms with Gasteiger partial charge in [0.25, 0.3) is 11.8 Å². The van der Waals surface area contributed by atoms with Crippen LogP contribution in [0, 0.1) is 13.8 Å². The van der Waals surface area contributed by atoms with Gasteiger partial charge in [0.1, 0.15) is 6.04 Å². The number of anilines is 1. The average molecular weight is 520 g/mol. The molecule has 3 N–H and O–H groups in total. The molecule has 9 heteroatoms. The van der Waals surface area contributed by atoms with Crippen molar-refractivity contribution in [3.05, 3.63) is 97.5 Å². The van der Waals surface area contributed by atoms with Crippen molar-refractivity contribution in [3.63, 3.8) is 0 Å². The Morgan fingerprint density at radius 2 is 1.41 bits per heavy atom. The van der Waals surface area contributed by atoms with E-state index in [-0.39, 0.29) is 32.6 Å². The Hall–Kier alpha value is -3.06. The molecule has 0 heterocycles. The number of hydrogen-bond acceptors (Lipinski definition) is 3. The normalized spacial score (nSPS) is 11.6. The minimum absolute atomic E-state index is 0.0377. The molecule has 0 aliphatic carbocycles. The molecule has 0 aliphatic rings. The molecule has 6 nitrogen and oxygen atoms in total. The highest BCUT2D eigenvalue weighted by Gasteiger charge is 2.24. The topological polar surface area (TPSA) is 95.5 Å². The number of benzene rings is 3. The van der Waals surface area contributed by atoms with Crippen LogP contribution in [0.4, 0.5) is 5.69 Å². The first-order valence-electron chi connectivity index (χ1n) is 10.2. The van der Waals surface area contributed by atoms with Gasteiger partial charge in [-0.15, -0.1) is 0 Å². The molecule has 0 spiro atoms. The molecule has 0 saturated heterocycles. The SMILES string of the molecule is Cc1cc(CC(NC(=O)c2c(C)cccc2Cl)C(=O)O)ccc1NC(=O)c1c(Cl)cccc1Cl. The first-order valence-corrected chi connectivity index (χ1v) is 11.4. The summed E-state index contributed by atoms with van der Waals surface area (Å²) in [5.41, 5.74) is 2.93. The Bertz CT molecular complexity index is 1240. The Labute approximate surface area is 211 Å². The number of aliphatic carboxylic acids is 1. The van der Waals surface area contributed by atoms with E-state index >= 15 is 0 Å². The summed E-state index contributed by atoms with van der Waals surface area (Å²) in [7, 11) is 0. The van der Waals surface area contributed by atoms with E-state index in [2.05, 4.69) is 10.6 Å². The summed E-state index contributed by atoms with van der Waals surface area (Å²) in [4.78, 5) is 37.2.